The number of piperidine rings is 1. The molecule has 6 nitrogen and oxygen atoms in total. The monoisotopic (exact) mass is 380 g/mol. The summed E-state index contributed by atoms with van der Waals surface area (Å²) in [5.41, 5.74) is 8.31. The largest absolute Gasteiger partial charge is 0.376 e. The molecule has 1 spiro atoms. The number of H-pyrrole nitrogens is 1. The van der Waals surface area contributed by atoms with Gasteiger partial charge in [-0.05, 0) is 38.2 Å². The summed E-state index contributed by atoms with van der Waals surface area (Å²) in [6.07, 6.45) is 5.87. The lowest BCUT2D eigenvalue weighted by atomic mass is 9.73. The fraction of sp³-hybridized carbons (Fsp3) is 0.545. The van der Waals surface area contributed by atoms with Crippen molar-refractivity contribution in [2.24, 2.45) is 11.1 Å². The van der Waals surface area contributed by atoms with E-state index >= 15 is 0 Å². The first-order chi connectivity index (χ1) is 13.5. The molecule has 0 amide bonds. The van der Waals surface area contributed by atoms with Crippen molar-refractivity contribution < 1.29 is 4.74 Å². The Hall–Kier alpha value is -2.18. The third kappa shape index (κ3) is 2.70. The molecule has 28 heavy (non-hydrogen) atoms. The van der Waals surface area contributed by atoms with Gasteiger partial charge in [-0.3, -0.25) is 9.78 Å². The highest BCUT2D eigenvalue weighted by Gasteiger charge is 2.49. The van der Waals surface area contributed by atoms with E-state index in [4.69, 9.17) is 10.5 Å². The van der Waals surface area contributed by atoms with E-state index in [9.17, 15) is 4.79 Å². The number of benzene rings is 1. The van der Waals surface area contributed by atoms with Crippen molar-refractivity contribution in [3.05, 3.63) is 58.0 Å². The number of aromatic amines is 1. The third-order valence-corrected chi connectivity index (χ3v) is 7.28. The number of nitrogens with two attached hydrogens (primary N) is 1. The minimum absolute atomic E-state index is 0.0128. The minimum atomic E-state index is -0.156. The summed E-state index contributed by atoms with van der Waals surface area (Å²) in [7, 11) is 0. The molecule has 2 aromatic rings. The van der Waals surface area contributed by atoms with Crippen molar-refractivity contribution in [1.29, 1.82) is 0 Å². The van der Waals surface area contributed by atoms with Crippen LogP contribution in [0, 0.1) is 5.41 Å². The Morgan fingerprint density at radius 2 is 1.89 bits per heavy atom. The molecule has 5 rings (SSSR count). The number of nitrogens with zero attached hydrogens (tertiary/aromatic N) is 2. The maximum atomic E-state index is 12.9. The van der Waals surface area contributed by atoms with Gasteiger partial charge in [0, 0.05) is 41.7 Å². The third-order valence-electron chi connectivity index (χ3n) is 7.28. The van der Waals surface area contributed by atoms with E-state index < -0.39 is 0 Å². The standard InChI is InChI=1S/C22H28N4O2/c1-15-18(23)21(14-28-15)9-11-26(12-10-21)20-24-13-17(19(27)25-20)22(7-8-22)16-5-3-2-4-6-16/h2-6,13,15,18H,7-12,14,23H2,1H3,(H,24,25,27)/t15-,18+/m0/s1. The first kappa shape index (κ1) is 17.9. The molecule has 0 bridgehead atoms. The van der Waals surface area contributed by atoms with Crippen LogP contribution < -0.4 is 16.2 Å². The maximum Gasteiger partial charge on any atom is 0.256 e. The summed E-state index contributed by atoms with van der Waals surface area (Å²) in [6.45, 7) is 4.49. The van der Waals surface area contributed by atoms with E-state index in [1.165, 1.54) is 5.56 Å². The van der Waals surface area contributed by atoms with E-state index in [0.29, 0.717) is 5.95 Å². The molecule has 3 heterocycles. The Kier molecular flexibility index (Phi) is 4.10. The Balaban J connectivity index is 1.35. The summed E-state index contributed by atoms with van der Waals surface area (Å²) in [5, 5.41) is 0. The Bertz CT molecular complexity index is 914. The molecule has 0 unspecified atom stereocenters. The molecule has 148 valence electrons. The molecule has 6 heteroatoms. The predicted molar refractivity (Wildman–Crippen MR) is 109 cm³/mol. The summed E-state index contributed by atoms with van der Waals surface area (Å²) in [6, 6.07) is 10.4. The zero-order chi connectivity index (χ0) is 19.4. The average Bonchev–Trinajstić information content (AvgIpc) is 3.49. The summed E-state index contributed by atoms with van der Waals surface area (Å²) >= 11 is 0. The Morgan fingerprint density at radius 3 is 2.46 bits per heavy atom. The van der Waals surface area contributed by atoms with Crippen LogP contribution in [-0.4, -0.2) is 41.8 Å². The zero-order valence-corrected chi connectivity index (χ0v) is 16.4. The van der Waals surface area contributed by atoms with E-state index in [1.807, 2.05) is 18.2 Å². The van der Waals surface area contributed by atoms with Crippen LogP contribution in [0.1, 0.15) is 43.7 Å². The fourth-order valence-corrected chi connectivity index (χ4v) is 5.12. The lowest BCUT2D eigenvalue weighted by Gasteiger charge is -2.41. The van der Waals surface area contributed by atoms with Crippen molar-refractivity contribution in [3.63, 3.8) is 0 Å². The van der Waals surface area contributed by atoms with E-state index in [1.54, 1.807) is 6.20 Å². The maximum absolute atomic E-state index is 12.9. The van der Waals surface area contributed by atoms with Crippen LogP contribution in [0.4, 0.5) is 5.95 Å². The van der Waals surface area contributed by atoms with Crippen molar-refractivity contribution >= 4 is 5.95 Å². The van der Waals surface area contributed by atoms with Gasteiger partial charge < -0.3 is 15.4 Å². The quantitative estimate of drug-likeness (QED) is 0.853. The summed E-state index contributed by atoms with van der Waals surface area (Å²) in [4.78, 5) is 22.8. The number of aromatic nitrogens is 2. The van der Waals surface area contributed by atoms with Crippen molar-refractivity contribution in [2.45, 2.75) is 50.2 Å². The fourth-order valence-electron chi connectivity index (χ4n) is 5.12. The van der Waals surface area contributed by atoms with Crippen LogP contribution in [-0.2, 0) is 10.2 Å². The van der Waals surface area contributed by atoms with Gasteiger partial charge in [0.15, 0.2) is 0 Å². The van der Waals surface area contributed by atoms with Crippen LogP contribution in [0.2, 0.25) is 0 Å². The SMILES string of the molecule is C[C@@H]1OCC2(CCN(c3ncc(C4(c5ccccc5)CC4)c(=O)[nH]3)CC2)[C@@H]1N. The number of hydrogen-bond acceptors (Lipinski definition) is 5. The highest BCUT2D eigenvalue weighted by molar-refractivity contribution is 5.44. The number of ether oxygens (including phenoxy) is 1. The van der Waals surface area contributed by atoms with Crippen molar-refractivity contribution in [3.8, 4) is 0 Å². The van der Waals surface area contributed by atoms with Crippen LogP contribution >= 0.6 is 0 Å². The molecule has 1 saturated carbocycles. The van der Waals surface area contributed by atoms with Crippen LogP contribution in [0.5, 0.6) is 0 Å². The zero-order valence-electron chi connectivity index (χ0n) is 16.4. The summed E-state index contributed by atoms with van der Waals surface area (Å²) < 4.78 is 5.80. The second-order valence-corrected chi connectivity index (χ2v) is 8.79. The molecular weight excluding hydrogens is 352 g/mol. The van der Waals surface area contributed by atoms with Gasteiger partial charge in [0.25, 0.3) is 5.56 Å². The van der Waals surface area contributed by atoms with E-state index in [-0.39, 0.29) is 28.5 Å². The van der Waals surface area contributed by atoms with Gasteiger partial charge in [-0.1, -0.05) is 30.3 Å². The molecule has 3 aliphatic rings. The molecule has 1 aliphatic carbocycles. The van der Waals surface area contributed by atoms with Gasteiger partial charge in [0.05, 0.1) is 12.7 Å². The molecule has 3 N–H and O–H groups in total. The van der Waals surface area contributed by atoms with Crippen molar-refractivity contribution in [2.75, 3.05) is 24.6 Å². The molecule has 2 atom stereocenters. The molecule has 1 aromatic heterocycles. The topological polar surface area (TPSA) is 84.2 Å². The van der Waals surface area contributed by atoms with Gasteiger partial charge in [-0.25, -0.2) is 4.98 Å². The lowest BCUT2D eigenvalue weighted by Crippen LogP contribution is -2.51. The van der Waals surface area contributed by atoms with Crippen LogP contribution in [0.3, 0.4) is 0 Å². The second kappa shape index (κ2) is 6.42. The number of rotatable bonds is 3. The predicted octanol–water partition coefficient (Wildman–Crippen LogP) is 2.18. The Labute approximate surface area is 165 Å². The number of hydrogen-bond donors (Lipinski definition) is 2. The number of nitrogens with one attached hydrogen (secondary N) is 1. The normalized spacial score (nSPS) is 27.9. The van der Waals surface area contributed by atoms with Gasteiger partial charge in [-0.2, -0.15) is 0 Å². The molecule has 0 radical (unpaired) electrons. The van der Waals surface area contributed by atoms with E-state index in [0.717, 1.165) is 50.9 Å². The van der Waals surface area contributed by atoms with Crippen LogP contribution in [0.25, 0.3) is 0 Å². The van der Waals surface area contributed by atoms with Gasteiger partial charge >= 0.3 is 0 Å². The molecular formula is C22H28N4O2. The first-order valence-electron chi connectivity index (χ1n) is 10.3. The first-order valence-corrected chi connectivity index (χ1v) is 10.3. The molecule has 2 saturated heterocycles. The second-order valence-electron chi connectivity index (χ2n) is 8.79. The minimum Gasteiger partial charge on any atom is -0.376 e. The van der Waals surface area contributed by atoms with Gasteiger partial charge in [0.1, 0.15) is 0 Å². The summed E-state index contributed by atoms with van der Waals surface area (Å²) in [5.74, 6) is 0.674. The molecule has 1 aromatic carbocycles. The van der Waals surface area contributed by atoms with Crippen molar-refractivity contribution in [1.82, 2.24) is 9.97 Å². The van der Waals surface area contributed by atoms with Crippen LogP contribution in [0.15, 0.2) is 41.3 Å². The van der Waals surface area contributed by atoms with Gasteiger partial charge in [-0.15, -0.1) is 0 Å². The molecule has 3 fully saturated rings. The van der Waals surface area contributed by atoms with E-state index in [2.05, 4.69) is 33.9 Å². The smallest absolute Gasteiger partial charge is 0.256 e. The Morgan fingerprint density at radius 1 is 1.18 bits per heavy atom. The van der Waals surface area contributed by atoms with Gasteiger partial charge in [0.2, 0.25) is 5.95 Å². The lowest BCUT2D eigenvalue weighted by molar-refractivity contribution is 0.0973. The highest BCUT2D eigenvalue weighted by Crippen LogP contribution is 2.52. The average molecular weight is 380 g/mol. The highest BCUT2D eigenvalue weighted by atomic mass is 16.5. The molecule has 2 aliphatic heterocycles. The number of anilines is 1.